The van der Waals surface area contributed by atoms with Crippen LogP contribution >= 0.6 is 22.6 Å². The number of ether oxygens (including phenoxy) is 1. The summed E-state index contributed by atoms with van der Waals surface area (Å²) in [5.41, 5.74) is -0.264. The van der Waals surface area contributed by atoms with Crippen molar-refractivity contribution in [2.24, 2.45) is 0 Å². The van der Waals surface area contributed by atoms with Gasteiger partial charge in [0.2, 0.25) is 0 Å². The van der Waals surface area contributed by atoms with E-state index in [9.17, 15) is 14.3 Å². The summed E-state index contributed by atoms with van der Waals surface area (Å²) in [5, 5.41) is 9.19. The lowest BCUT2D eigenvalue weighted by Gasteiger charge is -2.02. The smallest absolute Gasteiger partial charge is 0.340 e. The maximum atomic E-state index is 13.1. The van der Waals surface area contributed by atoms with Gasteiger partial charge in [-0.1, -0.05) is 0 Å². The first-order chi connectivity index (χ1) is 6.06. The van der Waals surface area contributed by atoms with Crippen LogP contribution in [0.2, 0.25) is 0 Å². The van der Waals surface area contributed by atoms with Gasteiger partial charge in [0.05, 0.1) is 16.2 Å². The lowest BCUT2D eigenvalue weighted by atomic mass is 10.2. The van der Waals surface area contributed by atoms with Crippen molar-refractivity contribution in [2.45, 2.75) is 0 Å². The number of phenols is 1. The molecule has 1 aromatic rings. The molecule has 1 aromatic carbocycles. The molecule has 1 rings (SSSR count). The number of hydrogen-bond donors (Lipinski definition) is 1. The highest BCUT2D eigenvalue weighted by molar-refractivity contribution is 14.1. The van der Waals surface area contributed by atoms with Crippen LogP contribution in [0.25, 0.3) is 0 Å². The number of carbonyl (C=O) groups excluding carboxylic acids is 1. The zero-order chi connectivity index (χ0) is 10.0. The lowest BCUT2D eigenvalue weighted by Crippen LogP contribution is -2.04. The summed E-state index contributed by atoms with van der Waals surface area (Å²) in [5.74, 6) is -1.64. The maximum Gasteiger partial charge on any atom is 0.340 e. The highest BCUT2D eigenvalue weighted by Gasteiger charge is 2.14. The quantitative estimate of drug-likeness (QED) is 0.636. The summed E-state index contributed by atoms with van der Waals surface area (Å²) in [6, 6.07) is 2.12. The molecule has 0 bridgehead atoms. The second-order valence-electron chi connectivity index (χ2n) is 2.28. The predicted octanol–water partition coefficient (Wildman–Crippen LogP) is 1.92. The molecule has 0 aliphatic rings. The number of aromatic hydroxyl groups is 1. The molecule has 70 valence electrons. The molecule has 0 unspecified atom stereocenters. The lowest BCUT2D eigenvalue weighted by molar-refractivity contribution is 0.0595. The molecule has 0 fully saturated rings. The number of halogens is 2. The Morgan fingerprint density at radius 2 is 2.23 bits per heavy atom. The van der Waals surface area contributed by atoms with E-state index < -0.39 is 11.8 Å². The summed E-state index contributed by atoms with van der Waals surface area (Å²) >= 11 is 1.76. The fourth-order valence-corrected chi connectivity index (χ4v) is 1.23. The van der Waals surface area contributed by atoms with E-state index in [0.717, 1.165) is 19.2 Å². The highest BCUT2D eigenvalue weighted by Crippen LogP contribution is 2.23. The van der Waals surface area contributed by atoms with E-state index in [1.807, 2.05) is 0 Å². The number of phenolic OH excluding ortho intramolecular Hbond substituents is 1. The van der Waals surface area contributed by atoms with Gasteiger partial charge < -0.3 is 9.84 Å². The second-order valence-corrected chi connectivity index (χ2v) is 3.44. The topological polar surface area (TPSA) is 46.5 Å². The molecule has 0 amide bonds. The Hall–Kier alpha value is -0.850. The van der Waals surface area contributed by atoms with Crippen LogP contribution in [-0.4, -0.2) is 18.2 Å². The molecule has 13 heavy (non-hydrogen) atoms. The number of hydrogen-bond acceptors (Lipinski definition) is 3. The molecule has 0 aromatic heterocycles. The molecule has 5 heteroatoms. The highest BCUT2D eigenvalue weighted by atomic mass is 127. The number of carbonyl (C=O) groups is 1. The minimum absolute atomic E-state index is 0.137. The zero-order valence-electron chi connectivity index (χ0n) is 6.67. The van der Waals surface area contributed by atoms with Crippen LogP contribution in [0.3, 0.4) is 0 Å². The van der Waals surface area contributed by atoms with Crippen molar-refractivity contribution >= 4 is 28.6 Å². The van der Waals surface area contributed by atoms with Crippen molar-refractivity contribution in [3.05, 3.63) is 27.1 Å². The maximum absolute atomic E-state index is 13.1. The van der Waals surface area contributed by atoms with Gasteiger partial charge in [-0.2, -0.15) is 0 Å². The third-order valence-corrected chi connectivity index (χ3v) is 2.31. The van der Waals surface area contributed by atoms with Gasteiger partial charge in [-0.15, -0.1) is 0 Å². The SMILES string of the molecule is COC(=O)c1cc(O)c(I)cc1F. The second kappa shape index (κ2) is 3.91. The fourth-order valence-electron chi connectivity index (χ4n) is 0.804. The van der Waals surface area contributed by atoms with Crippen LogP contribution in [0, 0.1) is 9.39 Å². The molecule has 0 atom stereocenters. The van der Waals surface area contributed by atoms with E-state index in [0.29, 0.717) is 3.57 Å². The largest absolute Gasteiger partial charge is 0.507 e. The molecule has 0 radical (unpaired) electrons. The third kappa shape index (κ3) is 2.09. The minimum atomic E-state index is -0.802. The van der Waals surface area contributed by atoms with Crippen LogP contribution in [-0.2, 0) is 4.74 Å². The predicted molar refractivity (Wildman–Crippen MR) is 52.1 cm³/mol. The van der Waals surface area contributed by atoms with Gasteiger partial charge in [0, 0.05) is 0 Å². The van der Waals surface area contributed by atoms with Crippen molar-refractivity contribution in [3.63, 3.8) is 0 Å². The Balaban J connectivity index is 3.23. The average Bonchev–Trinajstić information content (AvgIpc) is 2.10. The molecule has 0 saturated heterocycles. The Morgan fingerprint density at radius 1 is 1.62 bits per heavy atom. The van der Waals surface area contributed by atoms with E-state index >= 15 is 0 Å². The molecule has 1 N–H and O–H groups in total. The van der Waals surface area contributed by atoms with Gasteiger partial charge in [-0.3, -0.25) is 0 Å². The van der Waals surface area contributed by atoms with Crippen LogP contribution in [0.1, 0.15) is 10.4 Å². The minimum Gasteiger partial charge on any atom is -0.507 e. The van der Waals surface area contributed by atoms with Crippen LogP contribution in [0.15, 0.2) is 12.1 Å². The number of methoxy groups -OCH3 is 1. The standard InChI is InChI=1S/C8H6FIO3/c1-13-8(12)4-2-7(11)6(10)3-5(4)9/h2-3,11H,1H3. The van der Waals surface area contributed by atoms with Crippen LogP contribution in [0.5, 0.6) is 5.75 Å². The molecule has 0 aliphatic heterocycles. The number of rotatable bonds is 1. The van der Waals surface area contributed by atoms with Gasteiger partial charge >= 0.3 is 5.97 Å². The molecule has 3 nitrogen and oxygen atoms in total. The summed E-state index contributed by atoms with van der Waals surface area (Å²) in [6.07, 6.45) is 0. The van der Waals surface area contributed by atoms with Crippen LogP contribution < -0.4 is 0 Å². The first kappa shape index (κ1) is 10.2. The van der Waals surface area contributed by atoms with Gasteiger partial charge in [0.1, 0.15) is 11.6 Å². The van der Waals surface area contributed by atoms with Crippen molar-refractivity contribution in [2.75, 3.05) is 7.11 Å². The van der Waals surface area contributed by atoms with Crippen molar-refractivity contribution in [1.29, 1.82) is 0 Å². The summed E-state index contributed by atoms with van der Waals surface area (Å²) < 4.78 is 17.7. The Kier molecular flexibility index (Phi) is 3.07. The summed E-state index contributed by atoms with van der Waals surface area (Å²) in [7, 11) is 1.15. The van der Waals surface area contributed by atoms with Crippen molar-refractivity contribution < 1.29 is 19.0 Å². The zero-order valence-corrected chi connectivity index (χ0v) is 8.83. The van der Waals surface area contributed by atoms with Gasteiger partial charge in [-0.25, -0.2) is 9.18 Å². The molecular formula is C8H6FIO3. The van der Waals surface area contributed by atoms with Gasteiger partial charge in [0.15, 0.2) is 0 Å². The van der Waals surface area contributed by atoms with E-state index in [1.54, 1.807) is 22.6 Å². The van der Waals surface area contributed by atoms with E-state index in [-0.39, 0.29) is 11.3 Å². The van der Waals surface area contributed by atoms with Crippen LogP contribution in [0.4, 0.5) is 4.39 Å². The van der Waals surface area contributed by atoms with E-state index in [1.165, 1.54) is 0 Å². The summed E-state index contributed by atoms with van der Waals surface area (Å²) in [6.45, 7) is 0. The van der Waals surface area contributed by atoms with Gasteiger partial charge in [-0.05, 0) is 34.7 Å². The number of esters is 1. The molecule has 0 heterocycles. The normalized spacial score (nSPS) is 9.77. The third-order valence-electron chi connectivity index (χ3n) is 1.44. The van der Waals surface area contributed by atoms with Gasteiger partial charge in [0.25, 0.3) is 0 Å². The Labute approximate surface area is 87.7 Å². The van der Waals surface area contributed by atoms with E-state index in [4.69, 9.17) is 0 Å². The Bertz CT molecular complexity index is 351. The van der Waals surface area contributed by atoms with Crippen molar-refractivity contribution in [3.8, 4) is 5.75 Å². The molecule has 0 spiro atoms. The van der Waals surface area contributed by atoms with E-state index in [2.05, 4.69) is 4.74 Å². The first-order valence-corrected chi connectivity index (χ1v) is 4.40. The fraction of sp³-hybridized carbons (Fsp3) is 0.125. The molecule has 0 aliphatic carbocycles. The average molecular weight is 296 g/mol. The number of benzene rings is 1. The Morgan fingerprint density at radius 3 is 2.77 bits per heavy atom. The molecular weight excluding hydrogens is 290 g/mol. The van der Waals surface area contributed by atoms with Crippen molar-refractivity contribution in [1.82, 2.24) is 0 Å². The summed E-state index contributed by atoms with van der Waals surface area (Å²) in [4.78, 5) is 10.9. The monoisotopic (exact) mass is 296 g/mol. The first-order valence-electron chi connectivity index (χ1n) is 3.32. The molecule has 0 saturated carbocycles.